The summed E-state index contributed by atoms with van der Waals surface area (Å²) in [5.41, 5.74) is -0.177. The molecular formula is C18H27FN2O2. The van der Waals surface area contributed by atoms with Gasteiger partial charge in [0, 0.05) is 12.1 Å². The molecule has 0 aromatic carbocycles. The van der Waals surface area contributed by atoms with Gasteiger partial charge in [-0.2, -0.15) is 4.39 Å². The normalized spacial score (nSPS) is 21.2. The molecule has 1 heterocycles. The van der Waals surface area contributed by atoms with Crippen molar-refractivity contribution >= 4 is 5.97 Å². The molecule has 23 heavy (non-hydrogen) atoms. The Kier molecular flexibility index (Phi) is 6.93. The Morgan fingerprint density at radius 3 is 2.61 bits per heavy atom. The van der Waals surface area contributed by atoms with Crippen LogP contribution < -0.4 is 0 Å². The maximum atomic E-state index is 14.0. The molecular weight excluding hydrogens is 295 g/mol. The minimum Gasteiger partial charge on any atom is -0.462 e. The molecule has 1 aromatic heterocycles. The molecule has 0 aliphatic heterocycles. The SMILES string of the molecule is CCCCCC1CCC(c2ncc(C(=O)OCC)c(F)n2)CC1. The van der Waals surface area contributed by atoms with Crippen molar-refractivity contribution in [2.75, 3.05) is 6.61 Å². The van der Waals surface area contributed by atoms with Crippen molar-refractivity contribution < 1.29 is 13.9 Å². The van der Waals surface area contributed by atoms with Crippen LogP contribution in [0.2, 0.25) is 0 Å². The van der Waals surface area contributed by atoms with Crippen LogP contribution in [-0.2, 0) is 4.74 Å². The standard InChI is InChI=1S/C18H27FN2O2/c1-3-5-6-7-13-8-10-14(11-9-13)17-20-12-15(16(19)21-17)18(22)23-4-2/h12-14H,3-11H2,1-2H3. The number of hydrogen-bond donors (Lipinski definition) is 0. The average Bonchev–Trinajstić information content (AvgIpc) is 2.56. The molecule has 2 rings (SSSR count). The first-order valence-electron chi connectivity index (χ1n) is 8.85. The number of hydrogen-bond acceptors (Lipinski definition) is 4. The molecule has 0 atom stereocenters. The molecule has 1 fully saturated rings. The summed E-state index contributed by atoms with van der Waals surface area (Å²) in [4.78, 5) is 19.7. The van der Waals surface area contributed by atoms with Gasteiger partial charge in [0.05, 0.1) is 6.61 Å². The summed E-state index contributed by atoms with van der Waals surface area (Å²) in [5.74, 6) is 0.0712. The van der Waals surface area contributed by atoms with Crippen LogP contribution in [0.1, 0.15) is 87.3 Å². The van der Waals surface area contributed by atoms with E-state index in [0.717, 1.165) is 18.8 Å². The third-order valence-corrected chi connectivity index (χ3v) is 4.68. The molecule has 0 saturated heterocycles. The Hall–Kier alpha value is -1.52. The molecule has 0 unspecified atom stereocenters. The van der Waals surface area contributed by atoms with Crippen LogP contribution in [0.5, 0.6) is 0 Å². The quantitative estimate of drug-likeness (QED) is 0.417. The third kappa shape index (κ3) is 4.98. The van der Waals surface area contributed by atoms with Gasteiger partial charge in [-0.3, -0.25) is 0 Å². The molecule has 0 radical (unpaired) electrons. The van der Waals surface area contributed by atoms with Gasteiger partial charge in [0.15, 0.2) is 0 Å². The second kappa shape index (κ2) is 8.94. The fraction of sp³-hybridized carbons (Fsp3) is 0.722. The second-order valence-electron chi connectivity index (χ2n) is 6.37. The van der Waals surface area contributed by atoms with Crippen LogP contribution in [0, 0.1) is 11.9 Å². The number of halogens is 1. The van der Waals surface area contributed by atoms with Crippen LogP contribution in [0.4, 0.5) is 4.39 Å². The smallest absolute Gasteiger partial charge is 0.344 e. The van der Waals surface area contributed by atoms with Gasteiger partial charge < -0.3 is 4.74 Å². The lowest BCUT2D eigenvalue weighted by Gasteiger charge is -2.27. The van der Waals surface area contributed by atoms with Crippen LogP contribution in [-0.4, -0.2) is 22.5 Å². The molecule has 0 spiro atoms. The average molecular weight is 322 g/mol. The van der Waals surface area contributed by atoms with Gasteiger partial charge in [-0.25, -0.2) is 14.8 Å². The summed E-state index contributed by atoms with van der Waals surface area (Å²) >= 11 is 0. The van der Waals surface area contributed by atoms with Gasteiger partial charge in [-0.05, 0) is 38.5 Å². The monoisotopic (exact) mass is 322 g/mol. The first kappa shape index (κ1) is 17.8. The molecule has 128 valence electrons. The molecule has 1 aliphatic carbocycles. The van der Waals surface area contributed by atoms with E-state index in [9.17, 15) is 9.18 Å². The fourth-order valence-electron chi connectivity index (χ4n) is 3.31. The summed E-state index contributed by atoms with van der Waals surface area (Å²) < 4.78 is 18.8. The zero-order valence-corrected chi connectivity index (χ0v) is 14.2. The molecule has 0 N–H and O–H groups in total. The van der Waals surface area contributed by atoms with E-state index in [-0.39, 0.29) is 18.1 Å². The third-order valence-electron chi connectivity index (χ3n) is 4.68. The predicted octanol–water partition coefficient (Wildman–Crippen LogP) is 4.65. The predicted molar refractivity (Wildman–Crippen MR) is 86.8 cm³/mol. The van der Waals surface area contributed by atoms with E-state index in [4.69, 9.17) is 4.74 Å². The molecule has 5 heteroatoms. The van der Waals surface area contributed by atoms with E-state index in [1.54, 1.807) is 6.92 Å². The van der Waals surface area contributed by atoms with Crippen molar-refractivity contribution in [1.82, 2.24) is 9.97 Å². The zero-order valence-electron chi connectivity index (χ0n) is 14.2. The number of ether oxygens (including phenoxy) is 1. The minimum absolute atomic E-state index is 0.177. The Morgan fingerprint density at radius 2 is 2.00 bits per heavy atom. The first-order valence-corrected chi connectivity index (χ1v) is 8.85. The van der Waals surface area contributed by atoms with Gasteiger partial charge in [0.2, 0.25) is 5.95 Å². The maximum absolute atomic E-state index is 14.0. The number of rotatable bonds is 7. The number of carbonyl (C=O) groups excluding carboxylic acids is 1. The van der Waals surface area contributed by atoms with E-state index in [0.29, 0.717) is 5.82 Å². The Balaban J connectivity index is 1.91. The fourth-order valence-corrected chi connectivity index (χ4v) is 3.31. The summed E-state index contributed by atoms with van der Waals surface area (Å²) in [6, 6.07) is 0. The number of esters is 1. The van der Waals surface area contributed by atoms with Crippen molar-refractivity contribution in [2.24, 2.45) is 5.92 Å². The summed E-state index contributed by atoms with van der Waals surface area (Å²) in [6.45, 7) is 4.12. The molecule has 1 aromatic rings. The summed E-state index contributed by atoms with van der Waals surface area (Å²) in [7, 11) is 0. The van der Waals surface area contributed by atoms with Gasteiger partial charge in [0.1, 0.15) is 11.4 Å². The lowest BCUT2D eigenvalue weighted by molar-refractivity contribution is 0.0519. The van der Waals surface area contributed by atoms with E-state index >= 15 is 0 Å². The number of carbonyl (C=O) groups is 1. The topological polar surface area (TPSA) is 52.1 Å². The highest BCUT2D eigenvalue weighted by Crippen LogP contribution is 2.36. The van der Waals surface area contributed by atoms with Gasteiger partial charge >= 0.3 is 5.97 Å². The molecule has 1 saturated carbocycles. The van der Waals surface area contributed by atoms with Crippen LogP contribution in [0.15, 0.2) is 6.20 Å². The lowest BCUT2D eigenvalue weighted by atomic mass is 9.79. The summed E-state index contributed by atoms with van der Waals surface area (Å²) in [6.07, 6.45) is 10.8. The highest BCUT2D eigenvalue weighted by atomic mass is 19.1. The van der Waals surface area contributed by atoms with E-state index in [1.165, 1.54) is 44.7 Å². The molecule has 0 amide bonds. The minimum atomic E-state index is -0.765. The largest absolute Gasteiger partial charge is 0.462 e. The molecule has 1 aliphatic rings. The zero-order chi connectivity index (χ0) is 16.7. The highest BCUT2D eigenvalue weighted by Gasteiger charge is 2.25. The van der Waals surface area contributed by atoms with Crippen LogP contribution >= 0.6 is 0 Å². The Labute approximate surface area is 137 Å². The van der Waals surface area contributed by atoms with Crippen molar-refractivity contribution in [2.45, 2.75) is 71.1 Å². The number of nitrogens with zero attached hydrogens (tertiary/aromatic N) is 2. The van der Waals surface area contributed by atoms with Crippen LogP contribution in [0.3, 0.4) is 0 Å². The lowest BCUT2D eigenvalue weighted by Crippen LogP contribution is -2.17. The van der Waals surface area contributed by atoms with E-state index in [2.05, 4.69) is 16.9 Å². The second-order valence-corrected chi connectivity index (χ2v) is 6.37. The highest BCUT2D eigenvalue weighted by molar-refractivity contribution is 5.88. The van der Waals surface area contributed by atoms with Gasteiger partial charge in [0.25, 0.3) is 0 Å². The number of unbranched alkanes of at least 4 members (excludes halogenated alkanes) is 2. The van der Waals surface area contributed by atoms with Gasteiger partial charge in [-0.1, -0.05) is 32.6 Å². The van der Waals surface area contributed by atoms with Crippen molar-refractivity contribution in [3.05, 3.63) is 23.5 Å². The van der Waals surface area contributed by atoms with E-state index in [1.807, 2.05) is 0 Å². The van der Waals surface area contributed by atoms with Crippen molar-refractivity contribution in [3.8, 4) is 0 Å². The van der Waals surface area contributed by atoms with Crippen LogP contribution in [0.25, 0.3) is 0 Å². The Morgan fingerprint density at radius 1 is 1.26 bits per heavy atom. The Bertz CT molecular complexity index is 514. The summed E-state index contributed by atoms with van der Waals surface area (Å²) in [5, 5.41) is 0. The molecule has 0 bridgehead atoms. The maximum Gasteiger partial charge on any atom is 0.344 e. The van der Waals surface area contributed by atoms with Crippen molar-refractivity contribution in [1.29, 1.82) is 0 Å². The number of aromatic nitrogens is 2. The van der Waals surface area contributed by atoms with Crippen molar-refractivity contribution in [3.63, 3.8) is 0 Å². The van der Waals surface area contributed by atoms with E-state index < -0.39 is 11.9 Å². The molecule has 4 nitrogen and oxygen atoms in total. The first-order chi connectivity index (χ1) is 11.2. The van der Waals surface area contributed by atoms with Gasteiger partial charge in [-0.15, -0.1) is 0 Å².